The second-order valence-corrected chi connectivity index (χ2v) is 17.9. The standard InChI is InChI=1S/C55H46N2O/c1-53(2,3)38-18-14-20-40(32-38)55(41-21-15-19-39(33-41)54(4,5)6)46-24-12-10-22-42(46)43-28-26-37(31-47(43)55)49-34-48(56-52(57-49)35-16-8-7-9-17-35)36-27-29-51-45(30-36)44-23-11-13-25-50(44)58-51/h7-34H,1-6H3. The average Bonchev–Trinajstić information content (AvgIpc) is 3.76. The van der Waals surface area contributed by atoms with Crippen LogP contribution in [-0.4, -0.2) is 9.97 Å². The molecule has 10 rings (SSSR count). The summed E-state index contributed by atoms with van der Waals surface area (Å²) < 4.78 is 6.21. The monoisotopic (exact) mass is 750 g/mol. The third-order valence-corrected chi connectivity index (χ3v) is 12.1. The van der Waals surface area contributed by atoms with E-state index in [1.54, 1.807) is 0 Å². The molecular weight excluding hydrogens is 705 g/mol. The van der Waals surface area contributed by atoms with Crippen LogP contribution in [0, 0.1) is 0 Å². The lowest BCUT2D eigenvalue weighted by atomic mass is 9.66. The van der Waals surface area contributed by atoms with Crippen molar-refractivity contribution in [3.63, 3.8) is 0 Å². The number of nitrogens with zero attached hydrogens (tertiary/aromatic N) is 2. The molecule has 0 saturated heterocycles. The van der Waals surface area contributed by atoms with Crippen molar-refractivity contribution in [1.82, 2.24) is 9.97 Å². The lowest BCUT2D eigenvalue weighted by Crippen LogP contribution is -2.30. The summed E-state index contributed by atoms with van der Waals surface area (Å²) in [5.74, 6) is 0.691. The number of furan rings is 1. The molecule has 58 heavy (non-hydrogen) atoms. The van der Waals surface area contributed by atoms with E-state index in [0.717, 1.165) is 50.0 Å². The summed E-state index contributed by atoms with van der Waals surface area (Å²) in [5, 5.41) is 2.17. The third-order valence-electron chi connectivity index (χ3n) is 12.1. The van der Waals surface area contributed by atoms with Crippen molar-refractivity contribution in [1.29, 1.82) is 0 Å². The third kappa shape index (κ3) is 5.79. The fraction of sp³-hybridized carbons (Fsp3) is 0.164. The zero-order chi connectivity index (χ0) is 39.8. The highest BCUT2D eigenvalue weighted by Gasteiger charge is 2.47. The molecule has 0 radical (unpaired) electrons. The van der Waals surface area contributed by atoms with Gasteiger partial charge in [-0.25, -0.2) is 9.97 Å². The highest BCUT2D eigenvalue weighted by Crippen LogP contribution is 2.57. The molecule has 1 aliphatic carbocycles. The van der Waals surface area contributed by atoms with Crippen molar-refractivity contribution in [2.75, 3.05) is 0 Å². The van der Waals surface area contributed by atoms with E-state index in [0.29, 0.717) is 5.82 Å². The average molecular weight is 751 g/mol. The van der Waals surface area contributed by atoms with Gasteiger partial charge < -0.3 is 4.42 Å². The molecule has 0 atom stereocenters. The second kappa shape index (κ2) is 13.2. The van der Waals surface area contributed by atoms with Crippen LogP contribution in [0.1, 0.15) is 74.9 Å². The molecule has 282 valence electrons. The van der Waals surface area contributed by atoms with Gasteiger partial charge in [-0.1, -0.05) is 175 Å². The first-order valence-corrected chi connectivity index (χ1v) is 20.3. The van der Waals surface area contributed by atoms with Crippen molar-refractivity contribution in [3.8, 4) is 45.0 Å². The van der Waals surface area contributed by atoms with Gasteiger partial charge in [-0.3, -0.25) is 0 Å². The molecule has 9 aromatic rings. The summed E-state index contributed by atoms with van der Waals surface area (Å²) in [6, 6.07) is 61.7. The van der Waals surface area contributed by atoms with Crippen molar-refractivity contribution >= 4 is 21.9 Å². The number of aromatic nitrogens is 2. The Labute approximate surface area is 341 Å². The molecular formula is C55H46N2O. The van der Waals surface area contributed by atoms with E-state index in [9.17, 15) is 0 Å². The SMILES string of the molecule is CC(C)(C)c1cccc(C2(c3cccc(C(C)(C)C)c3)c3ccccc3-c3ccc(-c4cc(-c5ccc6oc7ccccc7c6c5)nc(-c5ccccc5)n4)cc32)c1. The van der Waals surface area contributed by atoms with E-state index in [1.165, 1.54) is 44.5 Å². The van der Waals surface area contributed by atoms with E-state index in [-0.39, 0.29) is 10.8 Å². The predicted octanol–water partition coefficient (Wildman–Crippen LogP) is 14.3. The van der Waals surface area contributed by atoms with E-state index in [2.05, 4.69) is 181 Å². The van der Waals surface area contributed by atoms with Crippen molar-refractivity contribution in [2.24, 2.45) is 0 Å². The van der Waals surface area contributed by atoms with Crippen molar-refractivity contribution < 1.29 is 4.42 Å². The Bertz CT molecular complexity index is 2970. The highest BCUT2D eigenvalue weighted by molar-refractivity contribution is 6.06. The zero-order valence-electron chi connectivity index (χ0n) is 34.0. The van der Waals surface area contributed by atoms with Gasteiger partial charge in [0.15, 0.2) is 5.82 Å². The number of benzene rings is 7. The van der Waals surface area contributed by atoms with Crippen LogP contribution in [0.2, 0.25) is 0 Å². The van der Waals surface area contributed by atoms with E-state index in [4.69, 9.17) is 14.4 Å². The molecule has 0 N–H and O–H groups in total. The zero-order valence-corrected chi connectivity index (χ0v) is 34.0. The van der Waals surface area contributed by atoms with Crippen LogP contribution >= 0.6 is 0 Å². The van der Waals surface area contributed by atoms with Crippen LogP contribution in [0.3, 0.4) is 0 Å². The summed E-state index contributed by atoms with van der Waals surface area (Å²) in [6.45, 7) is 13.8. The summed E-state index contributed by atoms with van der Waals surface area (Å²) in [7, 11) is 0. The van der Waals surface area contributed by atoms with Gasteiger partial charge in [-0.15, -0.1) is 0 Å². The molecule has 0 aliphatic heterocycles. The highest BCUT2D eigenvalue weighted by atomic mass is 16.3. The minimum Gasteiger partial charge on any atom is -0.456 e. The fourth-order valence-corrected chi connectivity index (χ4v) is 9.01. The van der Waals surface area contributed by atoms with Gasteiger partial charge in [0.25, 0.3) is 0 Å². The van der Waals surface area contributed by atoms with Crippen molar-refractivity contribution in [3.05, 3.63) is 203 Å². The molecule has 0 unspecified atom stereocenters. The van der Waals surface area contributed by atoms with Crippen LogP contribution in [0.5, 0.6) is 0 Å². The molecule has 3 nitrogen and oxygen atoms in total. The largest absolute Gasteiger partial charge is 0.456 e. The van der Waals surface area contributed by atoms with E-state index in [1.807, 2.05) is 30.3 Å². The molecule has 0 fully saturated rings. The predicted molar refractivity (Wildman–Crippen MR) is 240 cm³/mol. The molecule has 2 heterocycles. The smallest absolute Gasteiger partial charge is 0.160 e. The molecule has 2 aromatic heterocycles. The number of hydrogen-bond donors (Lipinski definition) is 0. The van der Waals surface area contributed by atoms with Crippen LogP contribution in [0.25, 0.3) is 67.0 Å². The van der Waals surface area contributed by atoms with Crippen LogP contribution in [-0.2, 0) is 16.2 Å². The van der Waals surface area contributed by atoms with E-state index >= 15 is 0 Å². The summed E-state index contributed by atoms with van der Waals surface area (Å²) in [6.07, 6.45) is 0. The number of para-hydroxylation sites is 1. The number of hydrogen-bond acceptors (Lipinski definition) is 3. The lowest BCUT2D eigenvalue weighted by Gasteiger charge is -2.36. The Morgan fingerprint density at radius 3 is 1.67 bits per heavy atom. The van der Waals surface area contributed by atoms with E-state index < -0.39 is 5.41 Å². The Morgan fingerprint density at radius 1 is 0.414 bits per heavy atom. The topological polar surface area (TPSA) is 38.9 Å². The van der Waals surface area contributed by atoms with Gasteiger partial charge in [0, 0.05) is 27.5 Å². The number of fused-ring (bicyclic) bond motifs is 6. The molecule has 7 aromatic carbocycles. The first-order valence-electron chi connectivity index (χ1n) is 20.3. The Balaban J connectivity index is 1.24. The molecule has 0 saturated carbocycles. The van der Waals surface area contributed by atoms with Gasteiger partial charge in [-0.05, 0) is 91.7 Å². The Kier molecular flexibility index (Phi) is 8.18. The second-order valence-electron chi connectivity index (χ2n) is 17.9. The minimum atomic E-state index is -0.573. The quantitative estimate of drug-likeness (QED) is 0.176. The maximum absolute atomic E-state index is 6.21. The molecule has 0 bridgehead atoms. The summed E-state index contributed by atoms with van der Waals surface area (Å²) >= 11 is 0. The van der Waals surface area contributed by atoms with Gasteiger partial charge in [0.2, 0.25) is 0 Å². The maximum Gasteiger partial charge on any atom is 0.160 e. The summed E-state index contributed by atoms with van der Waals surface area (Å²) in [5.41, 5.74) is 16.1. The van der Waals surface area contributed by atoms with Crippen LogP contribution in [0.4, 0.5) is 0 Å². The normalized spacial score (nSPS) is 13.5. The lowest BCUT2D eigenvalue weighted by molar-refractivity contribution is 0.585. The van der Waals surface area contributed by atoms with Gasteiger partial charge >= 0.3 is 0 Å². The number of rotatable bonds is 5. The Hall–Kier alpha value is -6.58. The van der Waals surface area contributed by atoms with Crippen molar-refractivity contribution in [2.45, 2.75) is 57.8 Å². The first-order chi connectivity index (χ1) is 28.0. The molecule has 3 heteroatoms. The molecule has 0 amide bonds. The summed E-state index contributed by atoms with van der Waals surface area (Å²) in [4.78, 5) is 10.6. The molecule has 0 spiro atoms. The maximum atomic E-state index is 6.21. The minimum absolute atomic E-state index is 0.0236. The van der Waals surface area contributed by atoms with Gasteiger partial charge in [0.1, 0.15) is 11.2 Å². The van der Waals surface area contributed by atoms with Crippen LogP contribution in [0.15, 0.2) is 174 Å². The van der Waals surface area contributed by atoms with Crippen LogP contribution < -0.4 is 0 Å². The fourth-order valence-electron chi connectivity index (χ4n) is 9.01. The van der Waals surface area contributed by atoms with Gasteiger partial charge in [0.05, 0.1) is 16.8 Å². The first kappa shape index (κ1) is 35.8. The Morgan fingerprint density at radius 2 is 0.983 bits per heavy atom. The van der Waals surface area contributed by atoms with Gasteiger partial charge in [-0.2, -0.15) is 0 Å². The molecule has 1 aliphatic rings.